The first-order valence-electron chi connectivity index (χ1n) is 9.45. The van der Waals surface area contributed by atoms with Crippen LogP contribution in [0.4, 0.5) is 5.69 Å². The summed E-state index contributed by atoms with van der Waals surface area (Å²) in [6.07, 6.45) is 4.04. The topological polar surface area (TPSA) is 51.9 Å². The van der Waals surface area contributed by atoms with Crippen LogP contribution in [0.2, 0.25) is 0 Å². The number of carbonyl (C=O) groups is 1. The molecule has 0 saturated heterocycles. The van der Waals surface area contributed by atoms with Crippen LogP contribution < -0.4 is 5.32 Å². The maximum Gasteiger partial charge on any atom is 0.257 e. The van der Waals surface area contributed by atoms with Gasteiger partial charge in [0.25, 0.3) is 5.91 Å². The molecule has 1 N–H and O–H groups in total. The van der Waals surface area contributed by atoms with Gasteiger partial charge in [-0.15, -0.1) is 0 Å². The standard InChI is InChI=1S/C24H16N4O/c29-24-18-6-5-8-20-22(18)28(21-9-2-1-7-19(21)26-24)23(25-20)16-10-12-17(13-11-16)27-14-3-4-15-27/h1-15H,(H,26,29). The Morgan fingerprint density at radius 3 is 2.41 bits per heavy atom. The van der Waals surface area contributed by atoms with Gasteiger partial charge >= 0.3 is 0 Å². The Kier molecular flexibility index (Phi) is 3.25. The monoisotopic (exact) mass is 376 g/mol. The lowest BCUT2D eigenvalue weighted by Crippen LogP contribution is -2.10. The highest BCUT2D eigenvalue weighted by Crippen LogP contribution is 2.36. The van der Waals surface area contributed by atoms with E-state index in [0.29, 0.717) is 5.56 Å². The maximum absolute atomic E-state index is 12.8. The number of fused-ring (bicyclic) bond motifs is 2. The third-order valence-electron chi connectivity index (χ3n) is 5.34. The summed E-state index contributed by atoms with van der Waals surface area (Å²) >= 11 is 0. The smallest absolute Gasteiger partial charge is 0.257 e. The molecule has 0 bridgehead atoms. The van der Waals surface area contributed by atoms with Gasteiger partial charge in [-0.1, -0.05) is 18.2 Å². The molecular formula is C24H16N4O. The molecule has 138 valence electrons. The van der Waals surface area contributed by atoms with E-state index in [0.717, 1.165) is 39.5 Å². The third-order valence-corrected chi connectivity index (χ3v) is 5.34. The quantitative estimate of drug-likeness (QED) is 0.469. The van der Waals surface area contributed by atoms with Gasteiger partial charge in [-0.05, 0) is 60.7 Å². The fourth-order valence-corrected chi connectivity index (χ4v) is 3.99. The summed E-state index contributed by atoms with van der Waals surface area (Å²) in [6, 6.07) is 25.8. The second-order valence-electron chi connectivity index (χ2n) is 7.05. The first-order valence-corrected chi connectivity index (χ1v) is 9.45. The number of benzene rings is 3. The van der Waals surface area contributed by atoms with E-state index in [1.54, 1.807) is 0 Å². The van der Waals surface area contributed by atoms with Gasteiger partial charge < -0.3 is 9.88 Å². The number of aromatic nitrogens is 3. The summed E-state index contributed by atoms with van der Waals surface area (Å²) < 4.78 is 4.15. The van der Waals surface area contributed by atoms with Gasteiger partial charge in [-0.25, -0.2) is 4.98 Å². The Morgan fingerprint density at radius 2 is 1.59 bits per heavy atom. The number of carbonyl (C=O) groups excluding carboxylic acids is 1. The number of imidazole rings is 1. The molecule has 0 fully saturated rings. The Morgan fingerprint density at radius 1 is 0.793 bits per heavy atom. The molecule has 3 heterocycles. The van der Waals surface area contributed by atoms with Crippen LogP contribution in [0.5, 0.6) is 0 Å². The summed E-state index contributed by atoms with van der Waals surface area (Å²) in [6.45, 7) is 0. The highest BCUT2D eigenvalue weighted by Gasteiger charge is 2.25. The second-order valence-corrected chi connectivity index (χ2v) is 7.05. The van der Waals surface area contributed by atoms with E-state index in [2.05, 4.69) is 38.7 Å². The predicted molar refractivity (Wildman–Crippen MR) is 114 cm³/mol. The molecule has 5 heteroatoms. The fourth-order valence-electron chi connectivity index (χ4n) is 3.99. The lowest BCUT2D eigenvalue weighted by Gasteiger charge is -2.12. The highest BCUT2D eigenvalue weighted by molar-refractivity contribution is 6.14. The van der Waals surface area contributed by atoms with E-state index in [-0.39, 0.29) is 5.91 Å². The van der Waals surface area contributed by atoms with Crippen molar-refractivity contribution in [3.63, 3.8) is 0 Å². The molecule has 6 rings (SSSR count). The second kappa shape index (κ2) is 5.94. The third kappa shape index (κ3) is 2.34. The largest absolute Gasteiger partial charge is 0.324 e. The van der Waals surface area contributed by atoms with E-state index in [1.807, 2.05) is 67.0 Å². The number of para-hydroxylation sites is 3. The number of hydrogen-bond acceptors (Lipinski definition) is 2. The van der Waals surface area contributed by atoms with Crippen molar-refractivity contribution < 1.29 is 4.79 Å². The molecule has 1 amide bonds. The van der Waals surface area contributed by atoms with Gasteiger partial charge in [-0.2, -0.15) is 0 Å². The van der Waals surface area contributed by atoms with Crippen LogP contribution >= 0.6 is 0 Å². The summed E-state index contributed by atoms with van der Waals surface area (Å²) in [5.41, 5.74) is 6.03. The number of hydrogen-bond donors (Lipinski definition) is 1. The van der Waals surface area contributed by atoms with Crippen LogP contribution in [-0.4, -0.2) is 20.0 Å². The molecule has 0 radical (unpaired) electrons. The van der Waals surface area contributed by atoms with Crippen LogP contribution in [0.15, 0.2) is 91.3 Å². The van der Waals surface area contributed by atoms with Gasteiger partial charge in [0, 0.05) is 23.6 Å². The molecule has 2 aromatic heterocycles. The molecule has 0 atom stereocenters. The molecule has 5 nitrogen and oxygen atoms in total. The normalized spacial score (nSPS) is 12.5. The first-order chi connectivity index (χ1) is 14.3. The summed E-state index contributed by atoms with van der Waals surface area (Å²) in [5, 5.41) is 3.03. The number of nitrogens with zero attached hydrogens (tertiary/aromatic N) is 3. The Hall–Kier alpha value is -4.12. The molecule has 0 spiro atoms. The van der Waals surface area contributed by atoms with E-state index in [4.69, 9.17) is 4.98 Å². The number of anilines is 1. The summed E-state index contributed by atoms with van der Waals surface area (Å²) in [4.78, 5) is 17.7. The zero-order valence-electron chi connectivity index (χ0n) is 15.4. The molecule has 0 saturated carbocycles. The number of nitrogens with one attached hydrogen (secondary N) is 1. The van der Waals surface area contributed by atoms with Crippen molar-refractivity contribution in [2.24, 2.45) is 0 Å². The molecule has 0 unspecified atom stereocenters. The first kappa shape index (κ1) is 15.9. The SMILES string of the molecule is O=C1Nc2ccccc2-n2c(-c3ccc(-n4cccc4)cc3)nc3cccc1c32. The van der Waals surface area contributed by atoms with Crippen molar-refractivity contribution in [1.82, 2.24) is 14.1 Å². The molecular weight excluding hydrogens is 360 g/mol. The maximum atomic E-state index is 12.8. The number of amides is 1. The van der Waals surface area contributed by atoms with Crippen molar-refractivity contribution in [3.05, 3.63) is 96.8 Å². The molecule has 0 aliphatic carbocycles. The van der Waals surface area contributed by atoms with Crippen LogP contribution in [0, 0.1) is 0 Å². The number of rotatable bonds is 2. The Balaban J connectivity index is 1.63. The minimum Gasteiger partial charge on any atom is -0.324 e. The van der Waals surface area contributed by atoms with Gasteiger partial charge in [0.15, 0.2) is 0 Å². The Labute approximate surface area is 166 Å². The zero-order valence-corrected chi connectivity index (χ0v) is 15.4. The van der Waals surface area contributed by atoms with E-state index < -0.39 is 0 Å². The molecule has 29 heavy (non-hydrogen) atoms. The van der Waals surface area contributed by atoms with E-state index >= 15 is 0 Å². The van der Waals surface area contributed by atoms with Crippen LogP contribution in [0.3, 0.4) is 0 Å². The van der Waals surface area contributed by atoms with Crippen molar-refractivity contribution >= 4 is 22.6 Å². The van der Waals surface area contributed by atoms with Gasteiger partial charge in [0.2, 0.25) is 0 Å². The highest BCUT2D eigenvalue weighted by atomic mass is 16.1. The van der Waals surface area contributed by atoms with Crippen molar-refractivity contribution in [2.75, 3.05) is 5.32 Å². The lowest BCUT2D eigenvalue weighted by molar-refractivity contribution is 0.102. The zero-order chi connectivity index (χ0) is 19.4. The fraction of sp³-hybridized carbons (Fsp3) is 0. The summed E-state index contributed by atoms with van der Waals surface area (Å²) in [5.74, 6) is 0.701. The lowest BCUT2D eigenvalue weighted by atomic mass is 10.1. The van der Waals surface area contributed by atoms with Gasteiger partial charge in [0.05, 0.1) is 28.0 Å². The minimum atomic E-state index is -0.115. The molecule has 1 aliphatic heterocycles. The van der Waals surface area contributed by atoms with E-state index in [9.17, 15) is 4.79 Å². The average Bonchev–Trinajstić information content (AvgIpc) is 3.40. The van der Waals surface area contributed by atoms with Gasteiger partial charge in [-0.3, -0.25) is 9.36 Å². The molecule has 1 aliphatic rings. The average molecular weight is 376 g/mol. The minimum absolute atomic E-state index is 0.115. The van der Waals surface area contributed by atoms with Crippen LogP contribution in [0.25, 0.3) is 33.8 Å². The molecule has 5 aromatic rings. The Bertz CT molecular complexity index is 1380. The van der Waals surface area contributed by atoms with E-state index in [1.165, 1.54) is 0 Å². The van der Waals surface area contributed by atoms with Crippen LogP contribution in [0.1, 0.15) is 10.4 Å². The van der Waals surface area contributed by atoms with Crippen molar-refractivity contribution in [1.29, 1.82) is 0 Å². The molecule has 3 aromatic carbocycles. The van der Waals surface area contributed by atoms with Crippen molar-refractivity contribution in [2.45, 2.75) is 0 Å². The van der Waals surface area contributed by atoms with Gasteiger partial charge in [0.1, 0.15) is 5.82 Å². The van der Waals surface area contributed by atoms with Crippen molar-refractivity contribution in [3.8, 4) is 22.8 Å². The van der Waals surface area contributed by atoms with Crippen LogP contribution in [-0.2, 0) is 0 Å². The predicted octanol–water partition coefficient (Wildman–Crippen LogP) is 5.05. The summed E-state index contributed by atoms with van der Waals surface area (Å²) in [7, 11) is 0.